The monoisotopic (exact) mass is 435 g/mol. The van der Waals surface area contributed by atoms with E-state index in [2.05, 4.69) is 38.0 Å². The molecule has 3 aromatic rings. The smallest absolute Gasteiger partial charge is 0.251 e. The molecule has 7 nitrogen and oxygen atoms in total. The van der Waals surface area contributed by atoms with Gasteiger partial charge < -0.3 is 14.8 Å². The van der Waals surface area contributed by atoms with E-state index in [0.29, 0.717) is 36.3 Å². The van der Waals surface area contributed by atoms with E-state index < -0.39 is 0 Å². The summed E-state index contributed by atoms with van der Waals surface area (Å²) in [6, 6.07) is 10.7. The Balaban J connectivity index is 1.89. The highest BCUT2D eigenvalue weighted by molar-refractivity contribution is 5.94. The molecule has 0 fully saturated rings. The number of nitrogens with zero attached hydrogens (tertiary/aromatic N) is 4. The van der Waals surface area contributed by atoms with Crippen molar-refractivity contribution in [2.24, 2.45) is 11.8 Å². The van der Waals surface area contributed by atoms with Gasteiger partial charge >= 0.3 is 0 Å². The van der Waals surface area contributed by atoms with Crippen LogP contribution in [0.15, 0.2) is 48.8 Å². The fraction of sp³-hybridized carbons (Fsp3) is 0.440. The minimum Gasteiger partial charge on any atom is -0.342 e. The number of nitrogens with one attached hydrogen (secondary N) is 1. The van der Waals surface area contributed by atoms with E-state index in [-0.39, 0.29) is 24.4 Å². The van der Waals surface area contributed by atoms with E-state index in [1.165, 1.54) is 0 Å². The highest BCUT2D eigenvalue weighted by Gasteiger charge is 2.23. The Morgan fingerprint density at radius 2 is 1.59 bits per heavy atom. The number of carbonyl (C=O) groups excluding carboxylic acids is 2. The molecule has 0 bridgehead atoms. The first kappa shape index (κ1) is 23.4. The molecule has 2 amide bonds. The molecule has 0 saturated heterocycles. The Morgan fingerprint density at radius 1 is 0.969 bits per heavy atom. The maximum absolute atomic E-state index is 13.3. The average molecular weight is 436 g/mol. The summed E-state index contributed by atoms with van der Waals surface area (Å²) in [4.78, 5) is 36.7. The average Bonchev–Trinajstić information content (AvgIpc) is 3.12. The normalized spacial score (nSPS) is 12.3. The lowest BCUT2D eigenvalue weighted by atomic mass is 10.1. The van der Waals surface area contributed by atoms with Gasteiger partial charge in [0.05, 0.1) is 17.1 Å². The second-order valence-corrected chi connectivity index (χ2v) is 9.06. The molecule has 0 aliphatic carbocycles. The molecule has 0 radical (unpaired) electrons. The van der Waals surface area contributed by atoms with Crippen molar-refractivity contribution in [3.8, 4) is 0 Å². The first-order valence-corrected chi connectivity index (χ1v) is 11.2. The van der Waals surface area contributed by atoms with Gasteiger partial charge in [-0.3, -0.25) is 14.6 Å². The summed E-state index contributed by atoms with van der Waals surface area (Å²) in [7, 11) is 0. The maximum Gasteiger partial charge on any atom is 0.251 e. The number of para-hydroxylation sites is 2. The van der Waals surface area contributed by atoms with Crippen molar-refractivity contribution in [2.45, 2.75) is 47.2 Å². The molecule has 170 valence electrons. The SMILES string of the molecule is CC(C)CN(CC(C)C)C(=O)Cn1c(C(C)NC(=O)c2ccncc2)nc2ccccc21. The first-order valence-electron chi connectivity index (χ1n) is 11.2. The summed E-state index contributed by atoms with van der Waals surface area (Å²) >= 11 is 0. The number of pyridine rings is 1. The first-order chi connectivity index (χ1) is 15.3. The van der Waals surface area contributed by atoms with Crippen molar-refractivity contribution in [2.75, 3.05) is 13.1 Å². The van der Waals surface area contributed by atoms with E-state index in [0.717, 1.165) is 11.0 Å². The standard InChI is InChI=1S/C25H33N5O2/c1-17(2)14-29(15-18(3)4)23(31)16-30-22-9-7-6-8-21(22)28-24(30)19(5)27-25(32)20-10-12-26-13-11-20/h6-13,17-19H,14-16H2,1-5H3,(H,27,32). The zero-order valence-electron chi connectivity index (χ0n) is 19.6. The van der Waals surface area contributed by atoms with Crippen LogP contribution in [0.25, 0.3) is 11.0 Å². The van der Waals surface area contributed by atoms with Crippen molar-refractivity contribution in [3.05, 3.63) is 60.2 Å². The Bertz CT molecular complexity index is 1050. The van der Waals surface area contributed by atoms with Gasteiger partial charge in [-0.15, -0.1) is 0 Å². The lowest BCUT2D eigenvalue weighted by Crippen LogP contribution is -2.39. The molecule has 0 spiro atoms. The topological polar surface area (TPSA) is 80.1 Å². The van der Waals surface area contributed by atoms with E-state index in [9.17, 15) is 9.59 Å². The number of carbonyl (C=O) groups is 2. The van der Waals surface area contributed by atoms with Crippen molar-refractivity contribution in [1.29, 1.82) is 0 Å². The molecule has 7 heteroatoms. The summed E-state index contributed by atoms with van der Waals surface area (Å²) in [6.07, 6.45) is 3.18. The summed E-state index contributed by atoms with van der Waals surface area (Å²) in [5, 5.41) is 3.01. The predicted octanol–water partition coefficient (Wildman–Crippen LogP) is 4.06. The molecule has 1 aromatic carbocycles. The van der Waals surface area contributed by atoms with Crippen LogP contribution < -0.4 is 5.32 Å². The fourth-order valence-corrected chi connectivity index (χ4v) is 3.83. The molecule has 1 N–H and O–H groups in total. The van der Waals surface area contributed by atoms with Crippen molar-refractivity contribution in [1.82, 2.24) is 24.8 Å². The van der Waals surface area contributed by atoms with E-state index >= 15 is 0 Å². The highest BCUT2D eigenvalue weighted by Crippen LogP contribution is 2.22. The Labute approximate surface area is 189 Å². The molecular weight excluding hydrogens is 402 g/mol. The maximum atomic E-state index is 13.3. The lowest BCUT2D eigenvalue weighted by molar-refractivity contribution is -0.132. The van der Waals surface area contributed by atoms with E-state index in [4.69, 9.17) is 4.98 Å². The van der Waals surface area contributed by atoms with Gasteiger partial charge in [-0.25, -0.2) is 4.98 Å². The number of hydrogen-bond acceptors (Lipinski definition) is 4. The number of fused-ring (bicyclic) bond motifs is 1. The Morgan fingerprint density at radius 3 is 2.22 bits per heavy atom. The highest BCUT2D eigenvalue weighted by atomic mass is 16.2. The molecule has 32 heavy (non-hydrogen) atoms. The number of amides is 2. The minimum absolute atomic E-state index is 0.0597. The van der Waals surface area contributed by atoms with Gasteiger partial charge in [-0.2, -0.15) is 0 Å². The summed E-state index contributed by atoms with van der Waals surface area (Å²) in [6.45, 7) is 12.0. The van der Waals surface area contributed by atoms with Gasteiger partial charge in [0.2, 0.25) is 5.91 Å². The summed E-state index contributed by atoms with van der Waals surface area (Å²) < 4.78 is 1.93. The van der Waals surface area contributed by atoms with Crippen LogP contribution in [0.3, 0.4) is 0 Å². The summed E-state index contributed by atoms with van der Waals surface area (Å²) in [5.41, 5.74) is 2.22. The number of rotatable bonds is 9. The van der Waals surface area contributed by atoms with E-state index in [1.807, 2.05) is 40.7 Å². The second kappa shape index (κ2) is 10.4. The Kier molecular flexibility index (Phi) is 7.62. The molecule has 0 aliphatic rings. The van der Waals surface area contributed by atoms with Crippen LogP contribution >= 0.6 is 0 Å². The largest absolute Gasteiger partial charge is 0.342 e. The molecular formula is C25H33N5O2. The van der Waals surface area contributed by atoms with Crippen molar-refractivity contribution < 1.29 is 9.59 Å². The number of benzene rings is 1. The zero-order valence-corrected chi connectivity index (χ0v) is 19.6. The van der Waals surface area contributed by atoms with Crippen LogP contribution in [0, 0.1) is 11.8 Å². The zero-order chi connectivity index (χ0) is 23.3. The third kappa shape index (κ3) is 5.72. The van der Waals surface area contributed by atoms with Gasteiger partial charge in [0, 0.05) is 31.0 Å². The quantitative estimate of drug-likeness (QED) is 0.550. The van der Waals surface area contributed by atoms with Crippen molar-refractivity contribution in [3.63, 3.8) is 0 Å². The van der Waals surface area contributed by atoms with Gasteiger partial charge in [-0.1, -0.05) is 39.8 Å². The molecule has 1 atom stereocenters. The van der Waals surface area contributed by atoms with Crippen LogP contribution in [-0.2, 0) is 11.3 Å². The van der Waals surface area contributed by atoms with E-state index in [1.54, 1.807) is 24.5 Å². The minimum atomic E-state index is -0.375. The number of hydrogen-bond donors (Lipinski definition) is 1. The van der Waals surface area contributed by atoms with Crippen LogP contribution in [0.5, 0.6) is 0 Å². The van der Waals surface area contributed by atoms with Crippen LogP contribution in [0.4, 0.5) is 0 Å². The van der Waals surface area contributed by atoms with Gasteiger partial charge in [-0.05, 0) is 43.0 Å². The van der Waals surface area contributed by atoms with Crippen LogP contribution in [-0.4, -0.2) is 44.3 Å². The molecule has 0 saturated carbocycles. The van der Waals surface area contributed by atoms with Gasteiger partial charge in [0.15, 0.2) is 0 Å². The predicted molar refractivity (Wildman–Crippen MR) is 126 cm³/mol. The van der Waals surface area contributed by atoms with Crippen LogP contribution in [0.1, 0.15) is 56.8 Å². The lowest BCUT2D eigenvalue weighted by Gasteiger charge is -2.27. The third-order valence-corrected chi connectivity index (χ3v) is 5.18. The Hall–Kier alpha value is -3.22. The molecule has 1 unspecified atom stereocenters. The van der Waals surface area contributed by atoms with Crippen molar-refractivity contribution >= 4 is 22.8 Å². The van der Waals surface area contributed by atoms with Gasteiger partial charge in [0.1, 0.15) is 12.4 Å². The molecule has 2 aromatic heterocycles. The van der Waals surface area contributed by atoms with Crippen LogP contribution in [0.2, 0.25) is 0 Å². The molecule has 3 rings (SSSR count). The number of aromatic nitrogens is 3. The van der Waals surface area contributed by atoms with Gasteiger partial charge in [0.25, 0.3) is 5.91 Å². The third-order valence-electron chi connectivity index (χ3n) is 5.18. The molecule has 2 heterocycles. The number of imidazole rings is 1. The molecule has 0 aliphatic heterocycles. The summed E-state index contributed by atoms with van der Waals surface area (Å²) in [5.74, 6) is 1.29. The fourth-order valence-electron chi connectivity index (χ4n) is 3.83. The second-order valence-electron chi connectivity index (χ2n) is 9.06.